The van der Waals surface area contributed by atoms with E-state index in [4.69, 9.17) is 32.7 Å². The van der Waals surface area contributed by atoms with Crippen molar-refractivity contribution in [3.05, 3.63) is 99.7 Å². The Morgan fingerprint density at radius 3 is 2.36 bits per heavy atom. The summed E-state index contributed by atoms with van der Waals surface area (Å²) in [6.07, 6.45) is 1.29. The summed E-state index contributed by atoms with van der Waals surface area (Å²) < 4.78 is 43.3. The number of ether oxygens (including phenoxy) is 2. The van der Waals surface area contributed by atoms with Crippen molar-refractivity contribution < 1.29 is 18.3 Å². The molecule has 4 nitrogen and oxygen atoms in total. The predicted molar refractivity (Wildman–Crippen MR) is 137 cm³/mol. The van der Waals surface area contributed by atoms with E-state index in [1.165, 1.54) is 19.2 Å². The number of halogens is 5. The van der Waals surface area contributed by atoms with Crippen LogP contribution >= 0.6 is 43.9 Å². The fraction of sp³-hybridized carbons (Fsp3) is 0.125. The van der Waals surface area contributed by atoms with Gasteiger partial charge >= 0.3 is 0 Å². The molecule has 0 atom stereocenters. The van der Waals surface area contributed by atoms with Crippen LogP contribution in [0.5, 0.6) is 11.6 Å². The normalized spacial score (nSPS) is 13.8. The van der Waals surface area contributed by atoms with E-state index < -0.39 is 26.7 Å². The third-order valence-corrected chi connectivity index (χ3v) is 7.38. The maximum absolute atomic E-state index is 15.2. The summed E-state index contributed by atoms with van der Waals surface area (Å²) in [6, 6.07) is 14.9. The third kappa shape index (κ3) is 5.42. The van der Waals surface area contributed by atoms with Gasteiger partial charge in [0.05, 0.1) is 10.1 Å². The first kappa shape index (κ1) is 23.8. The maximum atomic E-state index is 15.2. The fourth-order valence-electron chi connectivity index (χ4n) is 2.92. The number of aliphatic imine (C=N–C) groups is 1. The van der Waals surface area contributed by atoms with E-state index in [2.05, 4.69) is 16.6 Å². The summed E-state index contributed by atoms with van der Waals surface area (Å²) in [5, 5.41) is 1.13. The van der Waals surface area contributed by atoms with Gasteiger partial charge in [-0.1, -0.05) is 29.8 Å². The summed E-state index contributed by atoms with van der Waals surface area (Å²) in [5.41, 5.74) is 0.270. The fourth-order valence-corrected chi connectivity index (χ4v) is 5.12. The molecule has 1 aromatic heterocycles. The number of pyridine rings is 1. The van der Waals surface area contributed by atoms with Crippen LogP contribution in [0.15, 0.2) is 77.9 Å². The minimum atomic E-state index is -3.35. The molecule has 0 spiro atoms. The van der Waals surface area contributed by atoms with Gasteiger partial charge in [-0.2, -0.15) is 8.78 Å². The molecule has 0 unspecified atom stereocenters. The lowest BCUT2D eigenvalue weighted by Gasteiger charge is -2.23. The van der Waals surface area contributed by atoms with Crippen LogP contribution in [0, 0.1) is 0 Å². The van der Waals surface area contributed by atoms with Crippen molar-refractivity contribution in [3.8, 4) is 11.6 Å². The van der Waals surface area contributed by atoms with E-state index in [1.54, 1.807) is 36.4 Å². The lowest BCUT2D eigenvalue weighted by molar-refractivity contribution is 0.0379. The first-order valence-corrected chi connectivity index (χ1v) is 13.0. The van der Waals surface area contributed by atoms with Gasteiger partial charge in [0.15, 0.2) is 3.69 Å². The Bertz CT molecular complexity index is 1260. The van der Waals surface area contributed by atoms with E-state index in [-0.39, 0.29) is 28.5 Å². The molecular formula is C24H17Cl2F2IN2O2. The van der Waals surface area contributed by atoms with Gasteiger partial charge in [0.25, 0.3) is 5.92 Å². The average Bonchev–Trinajstić information content (AvgIpc) is 2.81. The molecule has 170 valence electrons. The van der Waals surface area contributed by atoms with Crippen LogP contribution in [0.3, 0.4) is 0 Å². The van der Waals surface area contributed by atoms with Crippen LogP contribution in [0.25, 0.3) is 0 Å². The lowest BCUT2D eigenvalue weighted by Crippen LogP contribution is -2.24. The standard InChI is InChI=1S/C24H17Cl2F2IN2O2/c1-14(2)24(27,28)20-11-21(32-18-9-7-17(26)8-10-18)30-12-19(20)23-31-13-29-22(33-23)15-3-5-16(25)6-4-15/h3-12H,1,13H2,2H3. The number of hydrogen-bond donors (Lipinski definition) is 0. The number of hydrogen-bond acceptors (Lipinski definition) is 4. The Morgan fingerprint density at radius 2 is 1.73 bits per heavy atom. The van der Waals surface area contributed by atoms with Gasteiger partial charge in [-0.25, -0.2) is 9.98 Å². The molecule has 9 heteroatoms. The minimum Gasteiger partial charge on any atom is -0.439 e. The van der Waals surface area contributed by atoms with Crippen LogP contribution in [-0.2, 0) is 10.7 Å². The van der Waals surface area contributed by atoms with E-state index >= 15 is 8.78 Å². The van der Waals surface area contributed by atoms with E-state index in [0.717, 1.165) is 9.26 Å². The Hall–Kier alpha value is -2.36. The Labute approximate surface area is 209 Å². The van der Waals surface area contributed by atoms with Crippen molar-refractivity contribution in [3.63, 3.8) is 0 Å². The SMILES string of the molecule is C=C(C)C(F)(F)c1cc(Oc2ccc(Cl)cc2)ncc1C1=NCI=C(c2ccc(Cl)cc2)O1. The largest absolute Gasteiger partial charge is 0.439 e. The number of nitrogens with zero attached hydrogens (tertiary/aromatic N) is 2. The van der Waals surface area contributed by atoms with Gasteiger partial charge < -0.3 is 9.47 Å². The summed E-state index contributed by atoms with van der Waals surface area (Å²) in [7, 11) is 0. The number of allylic oxidation sites excluding steroid dienone is 1. The molecule has 4 rings (SSSR count). The summed E-state index contributed by atoms with van der Waals surface area (Å²) >= 11 is 11.3. The predicted octanol–water partition coefficient (Wildman–Crippen LogP) is 7.73. The molecule has 1 aliphatic heterocycles. The molecule has 0 bridgehead atoms. The molecule has 0 aliphatic carbocycles. The maximum Gasteiger partial charge on any atom is 0.295 e. The van der Waals surface area contributed by atoms with Gasteiger partial charge in [-0.3, -0.25) is 0 Å². The lowest BCUT2D eigenvalue weighted by atomic mass is 9.98. The van der Waals surface area contributed by atoms with Crippen LogP contribution < -0.4 is 4.74 Å². The zero-order valence-corrected chi connectivity index (χ0v) is 21.0. The van der Waals surface area contributed by atoms with Crippen molar-refractivity contribution in [2.75, 3.05) is 4.55 Å². The minimum absolute atomic E-state index is 0.00253. The van der Waals surface area contributed by atoms with Crippen LogP contribution in [0.1, 0.15) is 23.6 Å². The molecule has 1 aliphatic rings. The van der Waals surface area contributed by atoms with Crippen molar-refractivity contribution >= 4 is 53.5 Å². The molecule has 0 saturated carbocycles. The molecule has 3 aromatic rings. The van der Waals surface area contributed by atoms with Crippen LogP contribution in [0.4, 0.5) is 8.78 Å². The molecule has 0 saturated heterocycles. The molecule has 2 heterocycles. The summed E-state index contributed by atoms with van der Waals surface area (Å²) in [6.45, 7) is 4.73. The average molecular weight is 601 g/mol. The highest BCUT2D eigenvalue weighted by Gasteiger charge is 2.38. The van der Waals surface area contributed by atoms with Crippen LogP contribution in [0.2, 0.25) is 10.0 Å². The number of benzene rings is 2. The number of alkyl halides is 3. The molecule has 33 heavy (non-hydrogen) atoms. The Balaban J connectivity index is 1.69. The summed E-state index contributed by atoms with van der Waals surface area (Å²) in [5.74, 6) is -2.84. The monoisotopic (exact) mass is 600 g/mol. The molecular weight excluding hydrogens is 584 g/mol. The second-order valence-corrected chi connectivity index (χ2v) is 10.4. The highest BCUT2D eigenvalue weighted by atomic mass is 127. The molecule has 0 amide bonds. The molecule has 0 radical (unpaired) electrons. The topological polar surface area (TPSA) is 43.7 Å². The van der Waals surface area contributed by atoms with Gasteiger partial charge in [0, 0.05) is 33.4 Å². The summed E-state index contributed by atoms with van der Waals surface area (Å²) in [4.78, 5) is 8.61. The highest BCUT2D eigenvalue weighted by Crippen LogP contribution is 2.39. The zero-order chi connectivity index (χ0) is 23.6. The second kappa shape index (κ2) is 9.87. The van der Waals surface area contributed by atoms with Gasteiger partial charge in [-0.15, -0.1) is 0 Å². The second-order valence-electron chi connectivity index (χ2n) is 7.08. The first-order valence-electron chi connectivity index (χ1n) is 9.66. The number of aromatic nitrogens is 1. The van der Waals surface area contributed by atoms with Crippen molar-refractivity contribution in [2.24, 2.45) is 4.99 Å². The first-order chi connectivity index (χ1) is 15.7. The highest BCUT2D eigenvalue weighted by molar-refractivity contribution is 14.2. The molecule has 0 fully saturated rings. The van der Waals surface area contributed by atoms with E-state index in [1.807, 2.05) is 12.1 Å². The van der Waals surface area contributed by atoms with E-state index in [0.29, 0.717) is 20.3 Å². The third-order valence-electron chi connectivity index (χ3n) is 4.66. The van der Waals surface area contributed by atoms with E-state index in [9.17, 15) is 0 Å². The smallest absolute Gasteiger partial charge is 0.295 e. The van der Waals surface area contributed by atoms with Gasteiger partial charge in [-0.05, 0) is 81.8 Å². The zero-order valence-electron chi connectivity index (χ0n) is 17.3. The molecule has 2 aromatic carbocycles. The van der Waals surface area contributed by atoms with Gasteiger partial charge in [0.1, 0.15) is 5.75 Å². The van der Waals surface area contributed by atoms with Gasteiger partial charge in [0.2, 0.25) is 11.8 Å². The van der Waals surface area contributed by atoms with Crippen LogP contribution in [-0.4, -0.2) is 19.1 Å². The van der Waals surface area contributed by atoms with Crippen molar-refractivity contribution in [1.82, 2.24) is 4.98 Å². The van der Waals surface area contributed by atoms with Crippen molar-refractivity contribution in [1.29, 1.82) is 0 Å². The molecule has 0 N–H and O–H groups in total. The Kier molecular flexibility index (Phi) is 7.11. The number of rotatable bonds is 6. The van der Waals surface area contributed by atoms with Crippen molar-refractivity contribution in [2.45, 2.75) is 12.8 Å². The quantitative estimate of drug-likeness (QED) is 0.126. The Morgan fingerprint density at radius 1 is 1.09 bits per heavy atom.